The molecule has 6 nitrogen and oxygen atoms in total. The maximum Gasteiger partial charge on any atom is 0.407 e. The predicted molar refractivity (Wildman–Crippen MR) is 86.1 cm³/mol. The molecule has 0 aliphatic carbocycles. The number of amides is 1. The van der Waals surface area contributed by atoms with Crippen molar-refractivity contribution < 1.29 is 14.6 Å². The van der Waals surface area contributed by atoms with Gasteiger partial charge in [0, 0.05) is 17.1 Å². The first-order valence-electron chi connectivity index (χ1n) is 7.06. The summed E-state index contributed by atoms with van der Waals surface area (Å²) in [6, 6.07) is 7.44. The second kappa shape index (κ2) is 6.09. The summed E-state index contributed by atoms with van der Waals surface area (Å²) in [6.45, 7) is 6.12. The molecule has 1 aromatic carbocycles. The van der Waals surface area contributed by atoms with Gasteiger partial charge in [-0.25, -0.2) is 9.78 Å². The Labute approximate surface area is 129 Å². The van der Waals surface area contributed by atoms with Gasteiger partial charge in [-0.15, -0.1) is 0 Å². The van der Waals surface area contributed by atoms with E-state index in [1.54, 1.807) is 6.20 Å². The Morgan fingerprint density at radius 1 is 1.36 bits per heavy atom. The van der Waals surface area contributed by atoms with Crippen LogP contribution in [0.1, 0.15) is 20.8 Å². The van der Waals surface area contributed by atoms with Gasteiger partial charge in [-0.05, 0) is 44.4 Å². The van der Waals surface area contributed by atoms with Crippen LogP contribution < -0.4 is 10.5 Å². The normalized spacial score (nSPS) is 11.4. The van der Waals surface area contributed by atoms with Gasteiger partial charge in [0.2, 0.25) is 0 Å². The Balaban J connectivity index is 2.06. The number of rotatable bonds is 4. The zero-order chi connectivity index (χ0) is 16.3. The number of nitrogens with zero attached hydrogens (tertiary/aromatic N) is 2. The van der Waals surface area contributed by atoms with E-state index in [1.165, 1.54) is 4.90 Å². The van der Waals surface area contributed by atoms with E-state index in [1.807, 2.05) is 45.0 Å². The molecule has 0 bridgehead atoms. The second-order valence-corrected chi connectivity index (χ2v) is 6.03. The van der Waals surface area contributed by atoms with Crippen LogP contribution in [-0.4, -0.2) is 39.8 Å². The van der Waals surface area contributed by atoms with Gasteiger partial charge < -0.3 is 20.5 Å². The summed E-state index contributed by atoms with van der Waals surface area (Å²) < 4.78 is 5.66. The number of aromatic nitrogens is 1. The van der Waals surface area contributed by atoms with E-state index in [2.05, 4.69) is 4.98 Å². The van der Waals surface area contributed by atoms with Crippen LogP contribution in [0.15, 0.2) is 30.5 Å². The van der Waals surface area contributed by atoms with E-state index in [4.69, 9.17) is 10.5 Å². The fourth-order valence-corrected chi connectivity index (χ4v) is 2.23. The molecule has 118 valence electrons. The van der Waals surface area contributed by atoms with Crippen LogP contribution in [-0.2, 0) is 0 Å². The van der Waals surface area contributed by atoms with Crippen molar-refractivity contribution in [3.8, 4) is 5.75 Å². The standard InChI is InChI=1S/C16H21N3O3/c1-16(2,3)19(15(20)21)8-9-22-12-5-4-11-6-7-18-14(17)13(11)10-12/h4-7,10H,8-9H2,1-3H3,(H2,17,18)(H,20,21). The fraction of sp³-hybridized carbons (Fsp3) is 0.375. The Morgan fingerprint density at radius 3 is 2.73 bits per heavy atom. The van der Waals surface area contributed by atoms with E-state index >= 15 is 0 Å². The van der Waals surface area contributed by atoms with Crippen molar-refractivity contribution in [2.45, 2.75) is 26.3 Å². The summed E-state index contributed by atoms with van der Waals surface area (Å²) in [5.41, 5.74) is 5.38. The van der Waals surface area contributed by atoms with Crippen molar-refractivity contribution >= 4 is 22.7 Å². The van der Waals surface area contributed by atoms with E-state index in [0.717, 1.165) is 10.8 Å². The minimum absolute atomic E-state index is 0.273. The lowest BCUT2D eigenvalue weighted by Crippen LogP contribution is -2.46. The Kier molecular flexibility index (Phi) is 4.40. The third-order valence-corrected chi connectivity index (χ3v) is 3.39. The van der Waals surface area contributed by atoms with Gasteiger partial charge >= 0.3 is 6.09 Å². The molecule has 0 radical (unpaired) electrons. The highest BCUT2D eigenvalue weighted by molar-refractivity contribution is 5.91. The summed E-state index contributed by atoms with van der Waals surface area (Å²) in [6.07, 6.45) is 0.703. The molecule has 1 heterocycles. The highest BCUT2D eigenvalue weighted by atomic mass is 16.5. The number of fused-ring (bicyclic) bond motifs is 1. The molecule has 1 amide bonds. The van der Waals surface area contributed by atoms with Crippen LogP contribution in [0.5, 0.6) is 5.75 Å². The molecular formula is C16H21N3O3. The summed E-state index contributed by atoms with van der Waals surface area (Å²) in [5.74, 6) is 1.09. The monoisotopic (exact) mass is 303 g/mol. The van der Waals surface area contributed by atoms with E-state index < -0.39 is 11.6 Å². The highest BCUT2D eigenvalue weighted by Gasteiger charge is 2.25. The van der Waals surface area contributed by atoms with E-state index in [0.29, 0.717) is 18.1 Å². The smallest absolute Gasteiger partial charge is 0.407 e. The summed E-state index contributed by atoms with van der Waals surface area (Å²) >= 11 is 0. The molecule has 3 N–H and O–H groups in total. The molecule has 0 saturated heterocycles. The van der Waals surface area contributed by atoms with Crippen LogP contribution in [0.2, 0.25) is 0 Å². The van der Waals surface area contributed by atoms with Gasteiger partial charge in [0.1, 0.15) is 18.2 Å². The minimum atomic E-state index is -0.956. The van der Waals surface area contributed by atoms with Crippen molar-refractivity contribution in [1.29, 1.82) is 0 Å². The Bertz CT molecular complexity index is 680. The highest BCUT2D eigenvalue weighted by Crippen LogP contribution is 2.24. The lowest BCUT2D eigenvalue weighted by Gasteiger charge is -2.32. The number of nitrogen functional groups attached to an aromatic ring is 1. The molecular weight excluding hydrogens is 282 g/mol. The average Bonchev–Trinajstić information content (AvgIpc) is 2.42. The van der Waals surface area contributed by atoms with Gasteiger partial charge in [-0.2, -0.15) is 0 Å². The van der Waals surface area contributed by atoms with Crippen molar-refractivity contribution in [3.63, 3.8) is 0 Å². The number of benzene rings is 1. The molecule has 2 aromatic rings. The maximum atomic E-state index is 11.3. The van der Waals surface area contributed by atoms with Crippen LogP contribution in [0.4, 0.5) is 10.6 Å². The van der Waals surface area contributed by atoms with Gasteiger partial charge in [-0.3, -0.25) is 0 Å². The third kappa shape index (κ3) is 3.58. The number of hydrogen-bond acceptors (Lipinski definition) is 4. The van der Waals surface area contributed by atoms with Crippen molar-refractivity contribution in [3.05, 3.63) is 30.5 Å². The maximum absolute atomic E-state index is 11.3. The quantitative estimate of drug-likeness (QED) is 0.906. The number of carbonyl (C=O) groups is 1. The van der Waals surface area contributed by atoms with Crippen molar-refractivity contribution in [1.82, 2.24) is 9.88 Å². The summed E-state index contributed by atoms with van der Waals surface area (Å²) in [4.78, 5) is 16.7. The summed E-state index contributed by atoms with van der Waals surface area (Å²) in [5, 5.41) is 11.0. The first-order valence-corrected chi connectivity index (χ1v) is 7.06. The molecule has 0 saturated carbocycles. The topological polar surface area (TPSA) is 88.7 Å². The van der Waals surface area contributed by atoms with Crippen LogP contribution >= 0.6 is 0 Å². The molecule has 0 spiro atoms. The largest absolute Gasteiger partial charge is 0.492 e. The average molecular weight is 303 g/mol. The predicted octanol–water partition coefficient (Wildman–Crippen LogP) is 2.97. The van der Waals surface area contributed by atoms with Crippen LogP contribution in [0.3, 0.4) is 0 Å². The van der Waals surface area contributed by atoms with Crippen LogP contribution in [0, 0.1) is 0 Å². The van der Waals surface area contributed by atoms with Gasteiger partial charge in [0.25, 0.3) is 0 Å². The lowest BCUT2D eigenvalue weighted by molar-refractivity contribution is 0.0892. The molecule has 0 aliphatic rings. The van der Waals surface area contributed by atoms with E-state index in [9.17, 15) is 9.90 Å². The lowest BCUT2D eigenvalue weighted by atomic mass is 10.1. The van der Waals surface area contributed by atoms with Crippen LogP contribution in [0.25, 0.3) is 10.8 Å². The van der Waals surface area contributed by atoms with Gasteiger partial charge in [0.15, 0.2) is 0 Å². The second-order valence-electron chi connectivity index (χ2n) is 6.03. The molecule has 2 rings (SSSR count). The minimum Gasteiger partial charge on any atom is -0.492 e. The molecule has 0 unspecified atom stereocenters. The molecule has 0 atom stereocenters. The number of anilines is 1. The molecule has 0 aliphatic heterocycles. The molecule has 0 fully saturated rings. The number of ether oxygens (including phenoxy) is 1. The van der Waals surface area contributed by atoms with Crippen molar-refractivity contribution in [2.75, 3.05) is 18.9 Å². The number of carboxylic acid groups (broad SMARTS) is 1. The molecule has 22 heavy (non-hydrogen) atoms. The Morgan fingerprint density at radius 2 is 2.09 bits per heavy atom. The first kappa shape index (κ1) is 15.9. The summed E-state index contributed by atoms with van der Waals surface area (Å²) in [7, 11) is 0. The number of pyridine rings is 1. The molecule has 6 heteroatoms. The van der Waals surface area contributed by atoms with Gasteiger partial charge in [-0.1, -0.05) is 6.07 Å². The third-order valence-electron chi connectivity index (χ3n) is 3.39. The number of hydrogen-bond donors (Lipinski definition) is 2. The first-order chi connectivity index (χ1) is 10.3. The SMILES string of the molecule is CC(C)(C)N(CCOc1ccc2ccnc(N)c2c1)C(=O)O. The zero-order valence-electron chi connectivity index (χ0n) is 13.0. The van der Waals surface area contributed by atoms with Crippen molar-refractivity contribution in [2.24, 2.45) is 0 Å². The zero-order valence-corrected chi connectivity index (χ0v) is 13.0. The number of nitrogens with two attached hydrogens (primary N) is 1. The van der Waals surface area contributed by atoms with Gasteiger partial charge in [0.05, 0.1) is 6.54 Å². The fourth-order valence-electron chi connectivity index (χ4n) is 2.23. The Hall–Kier alpha value is -2.50. The van der Waals surface area contributed by atoms with E-state index in [-0.39, 0.29) is 6.61 Å². The molecule has 1 aromatic heterocycles.